The van der Waals surface area contributed by atoms with Crippen LogP contribution >= 0.6 is 0 Å². The summed E-state index contributed by atoms with van der Waals surface area (Å²) < 4.78 is 1.68. The fraction of sp³-hybridized carbons (Fsp3) is 0.583. The van der Waals surface area contributed by atoms with E-state index >= 15 is 0 Å². The molecule has 1 fully saturated rings. The number of hydrogen-bond acceptors (Lipinski definition) is 3. The Bertz CT molecular complexity index is 455. The van der Waals surface area contributed by atoms with Crippen LogP contribution in [0.2, 0.25) is 0 Å². The van der Waals surface area contributed by atoms with Crippen molar-refractivity contribution in [2.75, 3.05) is 0 Å². The van der Waals surface area contributed by atoms with Crippen LogP contribution in [-0.4, -0.2) is 32.8 Å². The summed E-state index contributed by atoms with van der Waals surface area (Å²) in [7, 11) is 0. The number of carbonyl (C=O) groups excluding carboxylic acids is 1. The molecule has 1 aromatic heterocycles. The number of carboxylic acid groups (broad SMARTS) is 1. The summed E-state index contributed by atoms with van der Waals surface area (Å²) in [6.45, 7) is 2.67. The average molecular weight is 251 g/mol. The van der Waals surface area contributed by atoms with Crippen LogP contribution in [0.3, 0.4) is 0 Å². The lowest BCUT2D eigenvalue weighted by atomic mass is 10.1. The predicted octanol–water partition coefficient (Wildman–Crippen LogP) is 0.886. The van der Waals surface area contributed by atoms with E-state index in [9.17, 15) is 9.59 Å². The van der Waals surface area contributed by atoms with E-state index in [2.05, 4.69) is 10.4 Å². The molecule has 1 saturated carbocycles. The fourth-order valence-electron chi connectivity index (χ4n) is 2.26. The van der Waals surface area contributed by atoms with Gasteiger partial charge in [-0.2, -0.15) is 5.10 Å². The van der Waals surface area contributed by atoms with Crippen molar-refractivity contribution in [3.8, 4) is 0 Å². The molecule has 18 heavy (non-hydrogen) atoms. The minimum Gasteiger partial charge on any atom is -0.481 e. The molecule has 6 heteroatoms. The summed E-state index contributed by atoms with van der Waals surface area (Å²) in [6.07, 6.45) is 5.10. The molecule has 0 aromatic carbocycles. The van der Waals surface area contributed by atoms with Gasteiger partial charge >= 0.3 is 5.97 Å². The highest BCUT2D eigenvalue weighted by atomic mass is 16.4. The van der Waals surface area contributed by atoms with Crippen molar-refractivity contribution in [1.29, 1.82) is 0 Å². The van der Waals surface area contributed by atoms with Gasteiger partial charge in [0.1, 0.15) is 0 Å². The van der Waals surface area contributed by atoms with E-state index < -0.39 is 5.97 Å². The van der Waals surface area contributed by atoms with Crippen molar-refractivity contribution in [3.05, 3.63) is 18.0 Å². The molecule has 1 aromatic rings. The molecule has 0 unspecified atom stereocenters. The highest BCUT2D eigenvalue weighted by Gasteiger charge is 2.30. The molecule has 98 valence electrons. The van der Waals surface area contributed by atoms with Crippen LogP contribution in [0, 0.1) is 5.92 Å². The van der Waals surface area contributed by atoms with Crippen LogP contribution in [0.4, 0.5) is 0 Å². The summed E-state index contributed by atoms with van der Waals surface area (Å²) in [4.78, 5) is 22.7. The normalized spacial score (nSPS) is 22.9. The number of amides is 1. The second-order valence-corrected chi connectivity index (χ2v) is 4.60. The van der Waals surface area contributed by atoms with Gasteiger partial charge in [0.2, 0.25) is 0 Å². The Balaban J connectivity index is 1.90. The first-order valence-corrected chi connectivity index (χ1v) is 6.16. The topological polar surface area (TPSA) is 84.2 Å². The second kappa shape index (κ2) is 5.20. The maximum Gasteiger partial charge on any atom is 0.306 e. The SMILES string of the molecule is CCn1cc(C(=O)N[C@@H]2CC[C@H](C(=O)O)C2)cn1. The minimum absolute atomic E-state index is 0.0384. The quantitative estimate of drug-likeness (QED) is 0.832. The lowest BCUT2D eigenvalue weighted by Gasteiger charge is -2.11. The number of carboxylic acids is 1. The molecule has 0 saturated heterocycles. The third kappa shape index (κ3) is 2.69. The number of nitrogens with zero attached hydrogens (tertiary/aromatic N) is 2. The van der Waals surface area contributed by atoms with Crippen LogP contribution < -0.4 is 5.32 Å². The smallest absolute Gasteiger partial charge is 0.306 e. The van der Waals surface area contributed by atoms with Crippen LogP contribution in [0.25, 0.3) is 0 Å². The highest BCUT2D eigenvalue weighted by Crippen LogP contribution is 2.25. The first-order valence-electron chi connectivity index (χ1n) is 6.16. The van der Waals surface area contributed by atoms with Gasteiger partial charge < -0.3 is 10.4 Å². The van der Waals surface area contributed by atoms with Crippen LogP contribution in [0.1, 0.15) is 36.5 Å². The number of carbonyl (C=O) groups is 2. The second-order valence-electron chi connectivity index (χ2n) is 4.60. The molecule has 2 atom stereocenters. The zero-order chi connectivity index (χ0) is 13.1. The first-order chi connectivity index (χ1) is 8.60. The van der Waals surface area contributed by atoms with Gasteiger partial charge in [-0.1, -0.05) is 0 Å². The number of aryl methyl sites for hydroxylation is 1. The maximum absolute atomic E-state index is 11.9. The summed E-state index contributed by atoms with van der Waals surface area (Å²) in [5, 5.41) is 15.8. The summed E-state index contributed by atoms with van der Waals surface area (Å²) >= 11 is 0. The minimum atomic E-state index is -0.773. The molecule has 0 aliphatic heterocycles. The molecule has 1 heterocycles. The Morgan fingerprint density at radius 1 is 1.56 bits per heavy atom. The van der Waals surface area contributed by atoms with Gasteiger partial charge in [-0.3, -0.25) is 14.3 Å². The van der Waals surface area contributed by atoms with Crippen molar-refractivity contribution < 1.29 is 14.7 Å². The molecular weight excluding hydrogens is 234 g/mol. The van der Waals surface area contributed by atoms with Crippen molar-refractivity contribution in [3.63, 3.8) is 0 Å². The molecule has 6 nitrogen and oxygen atoms in total. The maximum atomic E-state index is 11.9. The largest absolute Gasteiger partial charge is 0.481 e. The first kappa shape index (κ1) is 12.6. The average Bonchev–Trinajstić information content (AvgIpc) is 2.96. The molecule has 2 N–H and O–H groups in total. The predicted molar refractivity (Wildman–Crippen MR) is 64.1 cm³/mol. The Morgan fingerprint density at radius 3 is 2.89 bits per heavy atom. The van der Waals surface area contributed by atoms with E-state index in [1.54, 1.807) is 10.9 Å². The van der Waals surface area contributed by atoms with E-state index in [0.717, 1.165) is 13.0 Å². The molecule has 1 aliphatic carbocycles. The summed E-state index contributed by atoms with van der Waals surface area (Å²) in [5.74, 6) is -1.27. The standard InChI is InChI=1S/C12H17N3O3/c1-2-15-7-9(6-13-15)11(16)14-10-4-3-8(5-10)12(17)18/h6-8,10H,2-5H2,1H3,(H,14,16)(H,17,18)/t8-,10+/m0/s1. The number of hydrogen-bond donors (Lipinski definition) is 2. The van der Waals surface area contributed by atoms with E-state index in [0.29, 0.717) is 18.4 Å². The highest BCUT2D eigenvalue weighted by molar-refractivity contribution is 5.93. The Morgan fingerprint density at radius 2 is 2.33 bits per heavy atom. The van der Waals surface area contributed by atoms with Gasteiger partial charge in [-0.15, -0.1) is 0 Å². The van der Waals surface area contributed by atoms with E-state index in [1.807, 2.05) is 6.92 Å². The van der Waals surface area contributed by atoms with Gasteiger partial charge in [0, 0.05) is 18.8 Å². The van der Waals surface area contributed by atoms with Crippen LogP contribution in [0.5, 0.6) is 0 Å². The van der Waals surface area contributed by atoms with Gasteiger partial charge in [-0.25, -0.2) is 0 Å². The number of aromatic nitrogens is 2. The van der Waals surface area contributed by atoms with E-state index in [4.69, 9.17) is 5.11 Å². The van der Waals surface area contributed by atoms with Crippen LogP contribution in [0.15, 0.2) is 12.4 Å². The third-order valence-corrected chi connectivity index (χ3v) is 3.34. The van der Waals surface area contributed by atoms with Crippen molar-refractivity contribution in [2.24, 2.45) is 5.92 Å². The molecule has 1 amide bonds. The molecular formula is C12H17N3O3. The fourth-order valence-corrected chi connectivity index (χ4v) is 2.26. The monoisotopic (exact) mass is 251 g/mol. The van der Waals surface area contributed by atoms with E-state index in [1.165, 1.54) is 6.20 Å². The van der Waals surface area contributed by atoms with Crippen molar-refractivity contribution in [2.45, 2.75) is 38.8 Å². The molecule has 0 bridgehead atoms. The molecule has 1 aliphatic rings. The number of nitrogens with one attached hydrogen (secondary N) is 1. The zero-order valence-corrected chi connectivity index (χ0v) is 10.3. The zero-order valence-electron chi connectivity index (χ0n) is 10.3. The van der Waals surface area contributed by atoms with Gasteiger partial charge in [0.15, 0.2) is 0 Å². The van der Waals surface area contributed by atoms with Crippen LogP contribution in [-0.2, 0) is 11.3 Å². The Kier molecular flexibility index (Phi) is 3.64. The molecule has 0 spiro atoms. The molecule has 2 rings (SSSR count). The number of aliphatic carboxylic acids is 1. The lowest BCUT2D eigenvalue weighted by molar-refractivity contribution is -0.141. The molecule has 0 radical (unpaired) electrons. The van der Waals surface area contributed by atoms with Crippen molar-refractivity contribution in [1.82, 2.24) is 15.1 Å². The third-order valence-electron chi connectivity index (χ3n) is 3.34. The van der Waals surface area contributed by atoms with Gasteiger partial charge in [0.05, 0.1) is 17.7 Å². The summed E-state index contributed by atoms with van der Waals surface area (Å²) in [6, 6.07) is -0.0384. The van der Waals surface area contributed by atoms with Gasteiger partial charge in [0.25, 0.3) is 5.91 Å². The Hall–Kier alpha value is -1.85. The Labute approximate surface area is 105 Å². The van der Waals surface area contributed by atoms with E-state index in [-0.39, 0.29) is 17.9 Å². The van der Waals surface area contributed by atoms with Crippen molar-refractivity contribution >= 4 is 11.9 Å². The summed E-state index contributed by atoms with van der Waals surface area (Å²) in [5.41, 5.74) is 0.524. The van der Waals surface area contributed by atoms with Gasteiger partial charge in [-0.05, 0) is 26.2 Å². The lowest BCUT2D eigenvalue weighted by Crippen LogP contribution is -2.33. The number of rotatable bonds is 4.